The van der Waals surface area contributed by atoms with Crippen LogP contribution < -0.4 is 10.6 Å². The van der Waals surface area contributed by atoms with Crippen molar-refractivity contribution < 1.29 is 13.2 Å². The van der Waals surface area contributed by atoms with Crippen LogP contribution in [0.15, 0.2) is 53.4 Å². The van der Waals surface area contributed by atoms with Gasteiger partial charge >= 0.3 is 0 Å². The Kier molecular flexibility index (Phi) is 8.09. The molecule has 136 valence electrons. The van der Waals surface area contributed by atoms with E-state index in [1.807, 2.05) is 14.0 Å². The highest BCUT2D eigenvalue weighted by Gasteiger charge is 2.15. The molecule has 2 N–H and O–H groups in total. The Hall–Kier alpha value is -1.89. The Balaban J connectivity index is 0.00000312. The van der Waals surface area contributed by atoms with Gasteiger partial charge in [0.2, 0.25) is 0 Å². The number of sulfone groups is 1. The van der Waals surface area contributed by atoms with Crippen molar-refractivity contribution in [3.63, 3.8) is 0 Å². The van der Waals surface area contributed by atoms with E-state index in [4.69, 9.17) is 0 Å². The molecule has 0 saturated heterocycles. The monoisotopic (exact) mass is 382 g/mol. The maximum absolute atomic E-state index is 12.4. The van der Waals surface area contributed by atoms with Crippen molar-refractivity contribution in [2.75, 3.05) is 20.1 Å². The van der Waals surface area contributed by atoms with Gasteiger partial charge in [0.05, 0.1) is 10.6 Å². The van der Waals surface area contributed by atoms with Crippen LogP contribution >= 0.6 is 12.4 Å². The summed E-state index contributed by atoms with van der Waals surface area (Å²) in [5, 5.41) is 5.73. The molecular formula is C18H23ClN2O3S. The number of likely N-dealkylation sites (N-methyl/N-ethyl adjacent to an activating group) is 1. The molecule has 5 nitrogen and oxygen atoms in total. The van der Waals surface area contributed by atoms with E-state index >= 15 is 0 Å². The van der Waals surface area contributed by atoms with Gasteiger partial charge in [0.25, 0.3) is 5.91 Å². The summed E-state index contributed by atoms with van der Waals surface area (Å²) in [7, 11) is -1.57. The third-order valence-electron chi connectivity index (χ3n) is 3.61. The smallest absolute Gasteiger partial charge is 0.251 e. The van der Waals surface area contributed by atoms with Crippen molar-refractivity contribution in [2.45, 2.75) is 17.6 Å². The van der Waals surface area contributed by atoms with Crippen LogP contribution in [-0.2, 0) is 15.6 Å². The Morgan fingerprint density at radius 3 is 2.12 bits per heavy atom. The number of halogens is 1. The van der Waals surface area contributed by atoms with Crippen LogP contribution in [-0.4, -0.2) is 34.5 Å². The summed E-state index contributed by atoms with van der Waals surface area (Å²) in [6.07, 6.45) is 0. The number of amides is 1. The SMILES string of the molecule is CNCCNC(=O)c1ccc(CS(=O)(=O)c2ccc(C)cc2)cc1.Cl. The second kappa shape index (κ2) is 9.56. The molecule has 0 aromatic heterocycles. The lowest BCUT2D eigenvalue weighted by Gasteiger charge is -2.07. The predicted octanol–water partition coefficient (Wildman–Crippen LogP) is 2.34. The largest absolute Gasteiger partial charge is 0.351 e. The second-order valence-electron chi connectivity index (χ2n) is 5.63. The Labute approximate surface area is 155 Å². The molecule has 0 saturated carbocycles. The highest BCUT2D eigenvalue weighted by Crippen LogP contribution is 2.17. The molecule has 1 amide bonds. The van der Waals surface area contributed by atoms with Crippen LogP contribution in [0.5, 0.6) is 0 Å². The molecule has 7 heteroatoms. The summed E-state index contributed by atoms with van der Waals surface area (Å²) in [5.74, 6) is -0.254. The summed E-state index contributed by atoms with van der Waals surface area (Å²) in [4.78, 5) is 12.2. The fourth-order valence-corrected chi connectivity index (χ4v) is 3.55. The average molecular weight is 383 g/mol. The normalized spacial score (nSPS) is 10.8. The number of hydrogen-bond donors (Lipinski definition) is 2. The molecule has 0 fully saturated rings. The van der Waals surface area contributed by atoms with Crippen molar-refractivity contribution in [2.24, 2.45) is 0 Å². The van der Waals surface area contributed by atoms with Crippen LogP contribution in [0.25, 0.3) is 0 Å². The van der Waals surface area contributed by atoms with Gasteiger partial charge in [-0.2, -0.15) is 0 Å². The van der Waals surface area contributed by atoms with Crippen molar-refractivity contribution in [1.29, 1.82) is 0 Å². The van der Waals surface area contributed by atoms with E-state index < -0.39 is 9.84 Å². The molecular weight excluding hydrogens is 360 g/mol. The van der Waals surface area contributed by atoms with E-state index in [9.17, 15) is 13.2 Å². The van der Waals surface area contributed by atoms with Crippen molar-refractivity contribution >= 4 is 28.2 Å². The lowest BCUT2D eigenvalue weighted by Crippen LogP contribution is -2.30. The average Bonchev–Trinajstić information content (AvgIpc) is 2.55. The molecule has 0 atom stereocenters. The highest BCUT2D eigenvalue weighted by molar-refractivity contribution is 7.90. The fourth-order valence-electron chi connectivity index (χ4n) is 2.20. The van der Waals surface area contributed by atoms with E-state index in [2.05, 4.69) is 10.6 Å². The first-order valence-electron chi connectivity index (χ1n) is 7.73. The van der Waals surface area contributed by atoms with Gasteiger partial charge in [-0.1, -0.05) is 29.8 Å². The lowest BCUT2D eigenvalue weighted by molar-refractivity contribution is 0.0954. The Morgan fingerprint density at radius 1 is 0.960 bits per heavy atom. The summed E-state index contributed by atoms with van der Waals surface area (Å²) in [6.45, 7) is 3.15. The maximum Gasteiger partial charge on any atom is 0.251 e. The molecule has 0 aliphatic heterocycles. The molecule has 0 bridgehead atoms. The zero-order chi connectivity index (χ0) is 17.6. The van der Waals surface area contributed by atoms with Crippen LogP contribution in [0.1, 0.15) is 21.5 Å². The number of nitrogens with one attached hydrogen (secondary N) is 2. The molecule has 2 aromatic carbocycles. The summed E-state index contributed by atoms with van der Waals surface area (Å²) in [5.41, 5.74) is 2.19. The minimum Gasteiger partial charge on any atom is -0.351 e. The minimum atomic E-state index is -3.39. The number of aryl methyl sites for hydroxylation is 1. The Bertz CT molecular complexity index is 788. The first-order chi connectivity index (χ1) is 11.4. The van der Waals surface area contributed by atoms with Crippen LogP contribution in [0.4, 0.5) is 0 Å². The van der Waals surface area contributed by atoms with Crippen LogP contribution in [0.2, 0.25) is 0 Å². The number of carbonyl (C=O) groups excluding carboxylic acids is 1. The molecule has 0 spiro atoms. The second-order valence-corrected chi connectivity index (χ2v) is 7.62. The van der Waals surface area contributed by atoms with E-state index in [0.29, 0.717) is 29.1 Å². The van der Waals surface area contributed by atoms with Crippen LogP contribution in [0, 0.1) is 6.92 Å². The summed E-state index contributed by atoms with van der Waals surface area (Å²) < 4.78 is 24.8. The molecule has 0 unspecified atom stereocenters. The van der Waals surface area contributed by atoms with Crippen molar-refractivity contribution in [3.05, 3.63) is 65.2 Å². The fraction of sp³-hybridized carbons (Fsp3) is 0.278. The van der Waals surface area contributed by atoms with Gasteiger partial charge in [-0.05, 0) is 43.8 Å². The van der Waals surface area contributed by atoms with Gasteiger partial charge in [-0.25, -0.2) is 8.42 Å². The lowest BCUT2D eigenvalue weighted by atomic mass is 10.1. The number of benzene rings is 2. The third-order valence-corrected chi connectivity index (χ3v) is 5.32. The summed E-state index contributed by atoms with van der Waals surface area (Å²) >= 11 is 0. The number of hydrogen-bond acceptors (Lipinski definition) is 4. The van der Waals surface area contributed by atoms with E-state index in [-0.39, 0.29) is 24.1 Å². The van der Waals surface area contributed by atoms with Gasteiger partial charge in [-0.3, -0.25) is 4.79 Å². The minimum absolute atomic E-state index is 0. The molecule has 0 aliphatic rings. The quantitative estimate of drug-likeness (QED) is 0.721. The van der Waals surface area contributed by atoms with Gasteiger partial charge in [0.15, 0.2) is 9.84 Å². The molecule has 2 rings (SSSR count). The summed E-state index contributed by atoms with van der Waals surface area (Å²) in [6, 6.07) is 13.5. The zero-order valence-electron chi connectivity index (χ0n) is 14.3. The van der Waals surface area contributed by atoms with Gasteiger partial charge < -0.3 is 10.6 Å². The Morgan fingerprint density at radius 2 is 1.56 bits per heavy atom. The highest BCUT2D eigenvalue weighted by atomic mass is 35.5. The topological polar surface area (TPSA) is 75.3 Å². The van der Waals surface area contributed by atoms with Gasteiger partial charge in [0, 0.05) is 18.7 Å². The van der Waals surface area contributed by atoms with Gasteiger partial charge in [0.1, 0.15) is 0 Å². The van der Waals surface area contributed by atoms with E-state index in [1.54, 1.807) is 48.5 Å². The molecule has 0 radical (unpaired) electrons. The molecule has 0 aliphatic carbocycles. The first-order valence-corrected chi connectivity index (χ1v) is 9.39. The third kappa shape index (κ3) is 6.16. The number of carbonyl (C=O) groups is 1. The maximum atomic E-state index is 12.4. The number of rotatable bonds is 7. The first kappa shape index (κ1) is 21.2. The standard InChI is InChI=1S/C18H22N2O3S.ClH/c1-14-3-9-17(10-4-14)24(22,23)13-15-5-7-16(8-6-15)18(21)20-12-11-19-2;/h3-10,19H,11-13H2,1-2H3,(H,20,21);1H. The predicted molar refractivity (Wildman–Crippen MR) is 102 cm³/mol. The van der Waals surface area contributed by atoms with E-state index in [1.165, 1.54) is 0 Å². The van der Waals surface area contributed by atoms with Crippen molar-refractivity contribution in [1.82, 2.24) is 10.6 Å². The van der Waals surface area contributed by atoms with Crippen molar-refractivity contribution in [3.8, 4) is 0 Å². The van der Waals surface area contributed by atoms with E-state index in [0.717, 1.165) is 5.56 Å². The zero-order valence-corrected chi connectivity index (χ0v) is 15.9. The molecule has 2 aromatic rings. The van der Waals surface area contributed by atoms with Gasteiger partial charge in [-0.15, -0.1) is 12.4 Å². The molecule has 25 heavy (non-hydrogen) atoms. The van der Waals surface area contributed by atoms with Crippen LogP contribution in [0.3, 0.4) is 0 Å². The molecule has 0 heterocycles.